The number of nitrogens with one attached hydrogen (secondary N) is 1. The number of furan rings is 1. The molecule has 4 rings (SSSR count). The minimum absolute atomic E-state index is 0.0367. The number of sulfone groups is 1. The first-order valence-corrected chi connectivity index (χ1v) is 13.4. The standard InChI is InChI=1S/C27H28N4O4S/c1-4-20-11-13-21(14-12-20)17-31(18-22-9-7-15-35-22)24-16-28-27(36(3,33)34)30-25(24)26(32)29-23-10-6-5-8-19(23)2/h5-16H,4,17-18H2,1-3H3,(H,29,32). The van der Waals surface area contributed by atoms with Crippen LogP contribution < -0.4 is 10.2 Å². The van der Waals surface area contributed by atoms with Crippen molar-refractivity contribution in [3.05, 3.63) is 101 Å². The highest BCUT2D eigenvalue weighted by molar-refractivity contribution is 7.90. The quantitative estimate of drug-likeness (QED) is 0.326. The van der Waals surface area contributed by atoms with Gasteiger partial charge in [-0.3, -0.25) is 4.79 Å². The summed E-state index contributed by atoms with van der Waals surface area (Å²) in [5.41, 5.74) is 4.07. The van der Waals surface area contributed by atoms with Crippen molar-refractivity contribution in [1.29, 1.82) is 0 Å². The lowest BCUT2D eigenvalue weighted by Crippen LogP contribution is -2.27. The Morgan fingerprint density at radius 2 is 1.72 bits per heavy atom. The van der Waals surface area contributed by atoms with Gasteiger partial charge >= 0.3 is 0 Å². The highest BCUT2D eigenvalue weighted by Gasteiger charge is 2.24. The number of hydrogen-bond donors (Lipinski definition) is 1. The van der Waals surface area contributed by atoms with Crippen LogP contribution in [-0.2, 0) is 29.3 Å². The molecule has 0 aliphatic rings. The van der Waals surface area contributed by atoms with Gasteiger partial charge < -0.3 is 14.6 Å². The lowest BCUT2D eigenvalue weighted by molar-refractivity contribution is 0.102. The number of aromatic nitrogens is 2. The summed E-state index contributed by atoms with van der Waals surface area (Å²) in [4.78, 5) is 23.7. The maximum Gasteiger partial charge on any atom is 0.276 e. The second-order valence-corrected chi connectivity index (χ2v) is 10.4. The van der Waals surface area contributed by atoms with Gasteiger partial charge in [0.25, 0.3) is 5.91 Å². The third-order valence-electron chi connectivity index (χ3n) is 5.76. The fourth-order valence-corrected chi connectivity index (χ4v) is 4.25. The number of para-hydroxylation sites is 1. The third kappa shape index (κ3) is 5.98. The van der Waals surface area contributed by atoms with E-state index >= 15 is 0 Å². The molecule has 2 aromatic heterocycles. The molecule has 1 amide bonds. The summed E-state index contributed by atoms with van der Waals surface area (Å²) in [5.74, 6) is 0.148. The van der Waals surface area contributed by atoms with E-state index in [4.69, 9.17) is 4.42 Å². The first-order valence-electron chi connectivity index (χ1n) is 11.5. The normalized spacial score (nSPS) is 11.3. The van der Waals surface area contributed by atoms with Crippen molar-refractivity contribution in [2.24, 2.45) is 0 Å². The van der Waals surface area contributed by atoms with Crippen LogP contribution in [0.1, 0.15) is 39.9 Å². The molecular weight excluding hydrogens is 476 g/mol. The molecule has 1 N–H and O–H groups in total. The molecule has 0 spiro atoms. The molecule has 0 saturated carbocycles. The summed E-state index contributed by atoms with van der Waals surface area (Å²) >= 11 is 0. The van der Waals surface area contributed by atoms with Gasteiger partial charge in [-0.05, 0) is 48.2 Å². The van der Waals surface area contributed by atoms with E-state index in [1.54, 1.807) is 18.4 Å². The van der Waals surface area contributed by atoms with Crippen LogP contribution in [0.5, 0.6) is 0 Å². The van der Waals surface area contributed by atoms with Crippen molar-refractivity contribution in [3.63, 3.8) is 0 Å². The molecule has 0 radical (unpaired) electrons. The molecule has 9 heteroatoms. The summed E-state index contributed by atoms with van der Waals surface area (Å²) < 4.78 is 30.0. The number of carbonyl (C=O) groups is 1. The fraction of sp³-hybridized carbons (Fsp3) is 0.222. The van der Waals surface area contributed by atoms with Crippen molar-refractivity contribution < 1.29 is 17.6 Å². The Kier molecular flexibility index (Phi) is 7.49. The summed E-state index contributed by atoms with van der Waals surface area (Å²) in [5, 5.41) is 2.45. The first kappa shape index (κ1) is 25.1. The Morgan fingerprint density at radius 1 is 1.00 bits per heavy atom. The van der Waals surface area contributed by atoms with Crippen molar-refractivity contribution in [2.75, 3.05) is 16.5 Å². The minimum Gasteiger partial charge on any atom is -0.467 e. The Labute approximate surface area is 210 Å². The highest BCUT2D eigenvalue weighted by Crippen LogP contribution is 2.26. The molecular formula is C27H28N4O4S. The molecule has 0 atom stereocenters. The van der Waals surface area contributed by atoms with E-state index in [-0.39, 0.29) is 5.69 Å². The largest absolute Gasteiger partial charge is 0.467 e. The summed E-state index contributed by atoms with van der Waals surface area (Å²) in [6.45, 7) is 4.73. The van der Waals surface area contributed by atoms with Crippen molar-refractivity contribution >= 4 is 27.1 Å². The SMILES string of the molecule is CCc1ccc(CN(Cc2ccco2)c2cnc(S(C)(=O)=O)nc2C(=O)Nc2ccccc2C)cc1. The highest BCUT2D eigenvalue weighted by atomic mass is 32.2. The molecule has 0 aliphatic heterocycles. The zero-order valence-electron chi connectivity index (χ0n) is 20.4. The predicted molar refractivity (Wildman–Crippen MR) is 139 cm³/mol. The smallest absolute Gasteiger partial charge is 0.276 e. The van der Waals surface area contributed by atoms with Crippen LogP contribution in [0.2, 0.25) is 0 Å². The van der Waals surface area contributed by atoms with Gasteiger partial charge in [-0.1, -0.05) is 49.4 Å². The molecule has 0 saturated heterocycles. The van der Waals surface area contributed by atoms with E-state index in [1.807, 2.05) is 48.2 Å². The van der Waals surface area contributed by atoms with Crippen molar-refractivity contribution in [1.82, 2.24) is 9.97 Å². The third-order valence-corrected chi connectivity index (χ3v) is 6.62. The van der Waals surface area contributed by atoms with Crippen LogP contribution in [0.3, 0.4) is 0 Å². The second-order valence-electron chi connectivity index (χ2n) is 8.53. The van der Waals surface area contributed by atoms with Crippen LogP contribution in [0.25, 0.3) is 0 Å². The number of benzene rings is 2. The van der Waals surface area contributed by atoms with Crippen LogP contribution in [-0.4, -0.2) is 30.5 Å². The molecule has 186 valence electrons. The van der Waals surface area contributed by atoms with Crippen molar-refractivity contribution in [3.8, 4) is 0 Å². The maximum atomic E-state index is 13.5. The number of carbonyl (C=O) groups excluding carboxylic acids is 1. The monoisotopic (exact) mass is 504 g/mol. The zero-order chi connectivity index (χ0) is 25.7. The number of anilines is 2. The lowest BCUT2D eigenvalue weighted by atomic mass is 10.1. The topological polar surface area (TPSA) is 105 Å². The van der Waals surface area contributed by atoms with Gasteiger partial charge in [0.1, 0.15) is 5.76 Å². The second kappa shape index (κ2) is 10.7. The summed E-state index contributed by atoms with van der Waals surface area (Å²) in [7, 11) is -3.74. The number of nitrogens with zero attached hydrogens (tertiary/aromatic N) is 3. The van der Waals surface area contributed by atoms with E-state index in [1.165, 1.54) is 11.8 Å². The van der Waals surface area contributed by atoms with Crippen LogP contribution in [0.4, 0.5) is 11.4 Å². The van der Waals surface area contributed by atoms with Gasteiger partial charge in [0.15, 0.2) is 5.69 Å². The van der Waals surface area contributed by atoms with Gasteiger partial charge in [0.2, 0.25) is 15.0 Å². The van der Waals surface area contributed by atoms with Gasteiger partial charge in [0.05, 0.1) is 24.7 Å². The van der Waals surface area contributed by atoms with Crippen molar-refractivity contribution in [2.45, 2.75) is 38.5 Å². The van der Waals surface area contributed by atoms with Crippen LogP contribution >= 0.6 is 0 Å². The number of amides is 1. The first-order chi connectivity index (χ1) is 17.2. The number of aryl methyl sites for hydroxylation is 2. The average molecular weight is 505 g/mol. The zero-order valence-corrected chi connectivity index (χ0v) is 21.2. The lowest BCUT2D eigenvalue weighted by Gasteiger charge is -2.25. The van der Waals surface area contributed by atoms with Gasteiger partial charge in [0, 0.05) is 18.5 Å². The summed E-state index contributed by atoms with van der Waals surface area (Å²) in [6.07, 6.45) is 4.92. The molecule has 2 aromatic carbocycles. The Bertz CT molecular complexity index is 1450. The van der Waals surface area contributed by atoms with E-state index in [9.17, 15) is 13.2 Å². The molecule has 4 aromatic rings. The molecule has 0 fully saturated rings. The van der Waals surface area contributed by atoms with E-state index < -0.39 is 20.9 Å². The van der Waals surface area contributed by atoms with Gasteiger partial charge in [-0.15, -0.1) is 0 Å². The molecule has 8 nitrogen and oxygen atoms in total. The number of hydrogen-bond acceptors (Lipinski definition) is 7. The van der Waals surface area contributed by atoms with E-state index in [0.717, 1.165) is 23.8 Å². The summed E-state index contributed by atoms with van der Waals surface area (Å²) in [6, 6.07) is 19.2. The predicted octanol–water partition coefficient (Wildman–Crippen LogP) is 4.80. The average Bonchev–Trinajstić information content (AvgIpc) is 3.38. The Morgan fingerprint density at radius 3 is 2.36 bits per heavy atom. The molecule has 2 heterocycles. The van der Waals surface area contributed by atoms with Gasteiger partial charge in [-0.25, -0.2) is 18.4 Å². The number of rotatable bonds is 9. The maximum absolute atomic E-state index is 13.5. The molecule has 0 unspecified atom stereocenters. The molecule has 0 bridgehead atoms. The Balaban J connectivity index is 1.78. The fourth-order valence-electron chi connectivity index (χ4n) is 3.75. The van der Waals surface area contributed by atoms with E-state index in [2.05, 4.69) is 34.3 Å². The van der Waals surface area contributed by atoms with Crippen LogP contribution in [0.15, 0.2) is 82.7 Å². The minimum atomic E-state index is -3.74. The Hall–Kier alpha value is -3.98. The molecule has 0 aliphatic carbocycles. The van der Waals surface area contributed by atoms with Crippen LogP contribution in [0, 0.1) is 6.92 Å². The molecule has 36 heavy (non-hydrogen) atoms. The van der Waals surface area contributed by atoms with E-state index in [0.29, 0.717) is 30.2 Å². The van der Waals surface area contributed by atoms with Gasteiger partial charge in [-0.2, -0.15) is 0 Å².